The number of rotatable bonds is 6. The molecule has 1 heterocycles. The second-order valence-electron chi connectivity index (χ2n) is 5.36. The summed E-state index contributed by atoms with van der Waals surface area (Å²) in [6, 6.07) is 4.36. The first kappa shape index (κ1) is 15.4. The summed E-state index contributed by atoms with van der Waals surface area (Å²) in [6.07, 6.45) is 2.28. The van der Waals surface area contributed by atoms with E-state index in [1.807, 2.05) is 6.92 Å². The molecule has 1 fully saturated rings. The molecule has 20 heavy (non-hydrogen) atoms. The minimum atomic E-state index is -0.827. The van der Waals surface area contributed by atoms with E-state index >= 15 is 0 Å². The van der Waals surface area contributed by atoms with Gasteiger partial charge in [-0.05, 0) is 44.0 Å². The van der Waals surface area contributed by atoms with Gasteiger partial charge < -0.3 is 10.4 Å². The highest BCUT2D eigenvalue weighted by Gasteiger charge is 2.22. The largest absolute Gasteiger partial charge is 0.395 e. The fourth-order valence-electron chi connectivity index (χ4n) is 2.75. The first-order valence-corrected chi connectivity index (χ1v) is 7.15. The fraction of sp³-hybridized carbons (Fsp3) is 0.600. The van der Waals surface area contributed by atoms with Gasteiger partial charge in [0, 0.05) is 25.2 Å². The number of nitrogens with zero attached hydrogens (tertiary/aromatic N) is 1. The van der Waals surface area contributed by atoms with Crippen LogP contribution in [0.15, 0.2) is 18.2 Å². The average molecular weight is 284 g/mol. The van der Waals surface area contributed by atoms with Crippen LogP contribution in [-0.2, 0) is 0 Å². The van der Waals surface area contributed by atoms with Crippen LogP contribution < -0.4 is 5.32 Å². The predicted octanol–water partition coefficient (Wildman–Crippen LogP) is 2.07. The summed E-state index contributed by atoms with van der Waals surface area (Å²) < 4.78 is 26.3. The Morgan fingerprint density at radius 1 is 1.40 bits per heavy atom. The lowest BCUT2D eigenvalue weighted by Crippen LogP contribution is -2.40. The smallest absolute Gasteiger partial charge is 0.159 e. The van der Waals surface area contributed by atoms with Crippen molar-refractivity contribution >= 4 is 0 Å². The maximum absolute atomic E-state index is 13.3. The molecule has 0 radical (unpaired) electrons. The van der Waals surface area contributed by atoms with Crippen molar-refractivity contribution in [3.63, 3.8) is 0 Å². The Bertz CT molecular complexity index is 436. The second kappa shape index (κ2) is 7.11. The zero-order chi connectivity index (χ0) is 14.5. The highest BCUT2D eigenvalue weighted by atomic mass is 19.2. The van der Waals surface area contributed by atoms with E-state index in [-0.39, 0.29) is 12.6 Å². The van der Waals surface area contributed by atoms with Crippen molar-refractivity contribution in [3.05, 3.63) is 35.4 Å². The summed E-state index contributed by atoms with van der Waals surface area (Å²) in [5.41, 5.74) is 0.732. The SMILES string of the molecule is CC(c1ccc(F)c(F)c1)N(CCO)CC1CCCN1. The lowest BCUT2D eigenvalue weighted by atomic mass is 10.1. The third-order valence-electron chi connectivity index (χ3n) is 3.98. The van der Waals surface area contributed by atoms with Crippen molar-refractivity contribution in [1.29, 1.82) is 0 Å². The summed E-state index contributed by atoms with van der Waals surface area (Å²) in [5, 5.41) is 12.6. The summed E-state index contributed by atoms with van der Waals surface area (Å²) >= 11 is 0. The zero-order valence-electron chi connectivity index (χ0n) is 11.8. The van der Waals surface area contributed by atoms with E-state index in [0.29, 0.717) is 12.6 Å². The number of benzene rings is 1. The molecule has 1 aromatic carbocycles. The first-order chi connectivity index (χ1) is 9.61. The van der Waals surface area contributed by atoms with Crippen molar-refractivity contribution in [2.75, 3.05) is 26.2 Å². The Morgan fingerprint density at radius 3 is 2.80 bits per heavy atom. The molecule has 112 valence electrons. The molecule has 0 saturated carbocycles. The van der Waals surface area contributed by atoms with Crippen LogP contribution in [0, 0.1) is 11.6 Å². The topological polar surface area (TPSA) is 35.5 Å². The monoisotopic (exact) mass is 284 g/mol. The number of halogens is 2. The molecule has 1 saturated heterocycles. The number of aliphatic hydroxyl groups is 1. The quantitative estimate of drug-likeness (QED) is 0.839. The molecule has 0 bridgehead atoms. The van der Waals surface area contributed by atoms with Crippen molar-refractivity contribution in [3.8, 4) is 0 Å². The van der Waals surface area contributed by atoms with E-state index in [2.05, 4.69) is 10.2 Å². The molecule has 0 aromatic heterocycles. The lowest BCUT2D eigenvalue weighted by molar-refractivity contribution is 0.147. The van der Waals surface area contributed by atoms with Gasteiger partial charge in [-0.1, -0.05) is 6.07 Å². The van der Waals surface area contributed by atoms with Crippen LogP contribution in [0.5, 0.6) is 0 Å². The third kappa shape index (κ3) is 3.75. The number of hydrogen-bond acceptors (Lipinski definition) is 3. The first-order valence-electron chi connectivity index (χ1n) is 7.15. The molecule has 2 rings (SSSR count). The van der Waals surface area contributed by atoms with Crippen LogP contribution in [0.2, 0.25) is 0 Å². The second-order valence-corrected chi connectivity index (χ2v) is 5.36. The molecule has 5 heteroatoms. The molecule has 0 aliphatic carbocycles. The van der Waals surface area contributed by atoms with Gasteiger partial charge in [-0.2, -0.15) is 0 Å². The molecular formula is C15H22F2N2O. The molecule has 2 atom stereocenters. The Labute approximate surface area is 118 Å². The predicted molar refractivity (Wildman–Crippen MR) is 74.5 cm³/mol. The van der Waals surface area contributed by atoms with Gasteiger partial charge in [0.1, 0.15) is 0 Å². The van der Waals surface area contributed by atoms with E-state index in [1.54, 1.807) is 6.07 Å². The van der Waals surface area contributed by atoms with Crippen LogP contribution in [0.25, 0.3) is 0 Å². The maximum atomic E-state index is 13.3. The van der Waals surface area contributed by atoms with Gasteiger partial charge in [0.25, 0.3) is 0 Å². The normalized spacial score (nSPS) is 20.6. The zero-order valence-corrected chi connectivity index (χ0v) is 11.8. The van der Waals surface area contributed by atoms with Crippen LogP contribution >= 0.6 is 0 Å². The number of hydrogen-bond donors (Lipinski definition) is 2. The molecule has 1 aromatic rings. The maximum Gasteiger partial charge on any atom is 0.159 e. The van der Waals surface area contributed by atoms with Gasteiger partial charge in [-0.25, -0.2) is 8.78 Å². The highest BCUT2D eigenvalue weighted by molar-refractivity contribution is 5.21. The van der Waals surface area contributed by atoms with Gasteiger partial charge >= 0.3 is 0 Å². The van der Waals surface area contributed by atoms with Gasteiger partial charge in [0.05, 0.1) is 6.61 Å². The summed E-state index contributed by atoms with van der Waals surface area (Å²) in [5.74, 6) is -1.65. The molecule has 0 amide bonds. The van der Waals surface area contributed by atoms with Crippen molar-refractivity contribution in [1.82, 2.24) is 10.2 Å². The standard InChI is InChI=1S/C15H22F2N2O/c1-11(12-4-5-14(16)15(17)9-12)19(7-8-20)10-13-3-2-6-18-13/h4-5,9,11,13,18,20H,2-3,6-8,10H2,1H3. The van der Waals surface area contributed by atoms with E-state index < -0.39 is 11.6 Å². The summed E-state index contributed by atoms with van der Waals surface area (Å²) in [4.78, 5) is 2.11. The fourth-order valence-corrected chi connectivity index (χ4v) is 2.75. The number of aliphatic hydroxyl groups excluding tert-OH is 1. The van der Waals surface area contributed by atoms with Crippen LogP contribution in [0.3, 0.4) is 0 Å². The minimum Gasteiger partial charge on any atom is -0.395 e. The summed E-state index contributed by atoms with van der Waals surface area (Å²) in [7, 11) is 0. The average Bonchev–Trinajstić information content (AvgIpc) is 2.93. The Kier molecular flexibility index (Phi) is 5.46. The van der Waals surface area contributed by atoms with Crippen molar-refractivity contribution in [2.45, 2.75) is 31.8 Å². The van der Waals surface area contributed by atoms with E-state index in [0.717, 1.165) is 37.6 Å². The van der Waals surface area contributed by atoms with E-state index in [1.165, 1.54) is 6.07 Å². The van der Waals surface area contributed by atoms with Gasteiger partial charge in [-0.15, -0.1) is 0 Å². The van der Waals surface area contributed by atoms with Crippen molar-refractivity contribution < 1.29 is 13.9 Å². The van der Waals surface area contributed by atoms with Gasteiger partial charge in [-0.3, -0.25) is 4.90 Å². The van der Waals surface area contributed by atoms with Gasteiger partial charge in [0.15, 0.2) is 11.6 Å². The molecule has 1 aliphatic heterocycles. The Morgan fingerprint density at radius 2 is 2.20 bits per heavy atom. The van der Waals surface area contributed by atoms with Crippen molar-refractivity contribution in [2.24, 2.45) is 0 Å². The number of nitrogens with one attached hydrogen (secondary N) is 1. The molecular weight excluding hydrogens is 262 g/mol. The van der Waals surface area contributed by atoms with Crippen LogP contribution in [0.4, 0.5) is 8.78 Å². The van der Waals surface area contributed by atoms with E-state index in [4.69, 9.17) is 0 Å². The molecule has 1 aliphatic rings. The third-order valence-corrected chi connectivity index (χ3v) is 3.98. The minimum absolute atomic E-state index is 0.0559. The highest BCUT2D eigenvalue weighted by Crippen LogP contribution is 2.23. The van der Waals surface area contributed by atoms with E-state index in [9.17, 15) is 13.9 Å². The molecule has 2 N–H and O–H groups in total. The van der Waals surface area contributed by atoms with Crippen LogP contribution in [0.1, 0.15) is 31.4 Å². The molecule has 2 unspecified atom stereocenters. The van der Waals surface area contributed by atoms with Gasteiger partial charge in [0.2, 0.25) is 0 Å². The summed E-state index contributed by atoms with van der Waals surface area (Å²) in [6.45, 7) is 4.37. The van der Waals surface area contributed by atoms with Crippen LogP contribution in [-0.4, -0.2) is 42.3 Å². The molecule has 3 nitrogen and oxygen atoms in total. The Balaban J connectivity index is 2.07. The Hall–Kier alpha value is -1.04. The molecule has 0 spiro atoms. The lowest BCUT2D eigenvalue weighted by Gasteiger charge is -2.31.